The summed E-state index contributed by atoms with van der Waals surface area (Å²) in [4.78, 5) is 23.4. The van der Waals surface area contributed by atoms with Gasteiger partial charge < -0.3 is 10.6 Å². The summed E-state index contributed by atoms with van der Waals surface area (Å²) < 4.78 is 0. The zero-order valence-corrected chi connectivity index (χ0v) is 12.0. The lowest BCUT2D eigenvalue weighted by atomic mass is 9.95. The van der Waals surface area contributed by atoms with Crippen LogP contribution in [-0.2, 0) is 4.79 Å². The van der Waals surface area contributed by atoms with Crippen LogP contribution in [0.5, 0.6) is 0 Å². The molecule has 0 saturated heterocycles. The summed E-state index contributed by atoms with van der Waals surface area (Å²) in [7, 11) is 0. The molecule has 0 unspecified atom stereocenters. The van der Waals surface area contributed by atoms with Gasteiger partial charge in [0.05, 0.1) is 5.41 Å². The van der Waals surface area contributed by atoms with Crippen LogP contribution in [0.1, 0.15) is 24.2 Å². The van der Waals surface area contributed by atoms with E-state index in [9.17, 15) is 9.59 Å². The Morgan fingerprint density at radius 3 is 2.26 bits per heavy atom. The van der Waals surface area contributed by atoms with E-state index < -0.39 is 5.41 Å². The van der Waals surface area contributed by atoms with E-state index in [0.717, 1.165) is 0 Å². The van der Waals surface area contributed by atoms with Gasteiger partial charge in [-0.15, -0.1) is 11.6 Å². The Labute approximate surface area is 118 Å². The predicted molar refractivity (Wildman–Crippen MR) is 76.3 cm³/mol. The molecule has 0 fully saturated rings. The monoisotopic (exact) mass is 282 g/mol. The molecule has 0 atom stereocenters. The van der Waals surface area contributed by atoms with Gasteiger partial charge >= 0.3 is 0 Å². The van der Waals surface area contributed by atoms with E-state index in [-0.39, 0.29) is 17.7 Å². The Bertz CT molecular complexity index is 432. The van der Waals surface area contributed by atoms with Gasteiger partial charge in [-0.3, -0.25) is 9.59 Å². The Kier molecular flexibility index (Phi) is 5.83. The van der Waals surface area contributed by atoms with Crippen molar-refractivity contribution in [1.29, 1.82) is 0 Å². The van der Waals surface area contributed by atoms with Crippen LogP contribution in [0.4, 0.5) is 0 Å². The fraction of sp³-hybridized carbons (Fsp3) is 0.429. The van der Waals surface area contributed by atoms with Crippen molar-refractivity contribution in [3.05, 3.63) is 35.9 Å². The largest absolute Gasteiger partial charge is 0.354 e. The summed E-state index contributed by atoms with van der Waals surface area (Å²) >= 11 is 5.70. The average molecular weight is 283 g/mol. The van der Waals surface area contributed by atoms with Crippen LogP contribution in [0.3, 0.4) is 0 Å². The van der Waals surface area contributed by atoms with Gasteiger partial charge in [-0.05, 0) is 26.0 Å². The minimum absolute atomic E-state index is 0.114. The van der Waals surface area contributed by atoms with Gasteiger partial charge in [-0.2, -0.15) is 0 Å². The summed E-state index contributed by atoms with van der Waals surface area (Å²) in [6.07, 6.45) is 0. The van der Waals surface area contributed by atoms with Crippen LogP contribution < -0.4 is 10.6 Å². The number of hydrogen-bond acceptors (Lipinski definition) is 2. The van der Waals surface area contributed by atoms with Crippen LogP contribution in [0.15, 0.2) is 30.3 Å². The van der Waals surface area contributed by atoms with Crippen molar-refractivity contribution >= 4 is 23.4 Å². The van der Waals surface area contributed by atoms with Crippen molar-refractivity contribution in [2.75, 3.05) is 19.0 Å². The number of rotatable bonds is 6. The highest BCUT2D eigenvalue weighted by Crippen LogP contribution is 2.16. The van der Waals surface area contributed by atoms with Crippen LogP contribution >= 0.6 is 11.6 Å². The van der Waals surface area contributed by atoms with Crippen molar-refractivity contribution in [3.8, 4) is 0 Å². The molecule has 19 heavy (non-hydrogen) atoms. The molecule has 1 aromatic rings. The lowest BCUT2D eigenvalue weighted by Gasteiger charge is -2.20. The van der Waals surface area contributed by atoms with E-state index in [1.807, 2.05) is 6.07 Å². The van der Waals surface area contributed by atoms with Crippen LogP contribution in [0.25, 0.3) is 0 Å². The lowest BCUT2D eigenvalue weighted by molar-refractivity contribution is -0.128. The van der Waals surface area contributed by atoms with E-state index in [0.29, 0.717) is 18.7 Å². The normalized spacial score (nSPS) is 10.9. The molecule has 104 valence electrons. The highest BCUT2D eigenvalue weighted by molar-refractivity contribution is 6.19. The summed E-state index contributed by atoms with van der Waals surface area (Å²) in [6.45, 7) is 4.32. The fourth-order valence-corrected chi connectivity index (χ4v) is 1.46. The van der Waals surface area contributed by atoms with E-state index in [2.05, 4.69) is 10.6 Å². The highest BCUT2D eigenvalue weighted by Gasteiger charge is 2.25. The maximum Gasteiger partial charge on any atom is 0.251 e. The van der Waals surface area contributed by atoms with Gasteiger partial charge in [0.1, 0.15) is 0 Å². The Morgan fingerprint density at radius 2 is 1.68 bits per heavy atom. The van der Waals surface area contributed by atoms with E-state index in [4.69, 9.17) is 11.6 Å². The summed E-state index contributed by atoms with van der Waals surface area (Å²) in [5.74, 6) is -0.00206. The number of halogens is 1. The topological polar surface area (TPSA) is 58.2 Å². The molecular weight excluding hydrogens is 264 g/mol. The van der Waals surface area contributed by atoms with Crippen molar-refractivity contribution < 1.29 is 9.59 Å². The standard InChI is InChI=1S/C14H19ClN2O2/c1-14(2,10-15)13(19)17-9-8-16-12(18)11-6-4-3-5-7-11/h3-7H,8-10H2,1-2H3,(H,16,18)(H,17,19). The van der Waals surface area contributed by atoms with Gasteiger partial charge in [0.2, 0.25) is 5.91 Å². The zero-order chi connectivity index (χ0) is 14.3. The van der Waals surface area contributed by atoms with Gasteiger partial charge in [0.15, 0.2) is 0 Å². The number of hydrogen-bond donors (Lipinski definition) is 2. The maximum atomic E-state index is 11.7. The minimum atomic E-state index is -0.592. The molecule has 0 aliphatic carbocycles. The molecule has 0 bridgehead atoms. The number of carbonyl (C=O) groups excluding carboxylic acids is 2. The number of amides is 2. The molecule has 4 nitrogen and oxygen atoms in total. The van der Waals surface area contributed by atoms with Crippen LogP contribution in [0.2, 0.25) is 0 Å². The van der Waals surface area contributed by atoms with Gasteiger partial charge in [0.25, 0.3) is 5.91 Å². The van der Waals surface area contributed by atoms with Gasteiger partial charge in [0, 0.05) is 24.5 Å². The number of benzene rings is 1. The Balaban J connectivity index is 2.29. The van der Waals surface area contributed by atoms with Crippen molar-refractivity contribution in [2.24, 2.45) is 5.41 Å². The molecule has 0 saturated carbocycles. The molecule has 0 aliphatic rings. The van der Waals surface area contributed by atoms with Crippen molar-refractivity contribution in [3.63, 3.8) is 0 Å². The first-order chi connectivity index (χ1) is 8.97. The van der Waals surface area contributed by atoms with Crippen molar-refractivity contribution in [2.45, 2.75) is 13.8 Å². The van der Waals surface area contributed by atoms with Crippen LogP contribution in [0, 0.1) is 5.41 Å². The van der Waals surface area contributed by atoms with E-state index >= 15 is 0 Å². The second-order valence-corrected chi connectivity index (χ2v) is 5.16. The van der Waals surface area contributed by atoms with Gasteiger partial charge in [-0.1, -0.05) is 18.2 Å². The fourth-order valence-electron chi connectivity index (χ4n) is 1.34. The Morgan fingerprint density at radius 1 is 1.11 bits per heavy atom. The zero-order valence-electron chi connectivity index (χ0n) is 11.2. The number of nitrogens with one attached hydrogen (secondary N) is 2. The first kappa shape index (κ1) is 15.5. The third-order valence-electron chi connectivity index (χ3n) is 2.68. The molecule has 1 rings (SSSR count). The summed E-state index contributed by atoms with van der Waals surface area (Å²) in [5, 5.41) is 5.48. The van der Waals surface area contributed by atoms with E-state index in [1.165, 1.54) is 0 Å². The second kappa shape index (κ2) is 7.14. The number of alkyl halides is 1. The maximum absolute atomic E-state index is 11.7. The molecule has 0 aromatic heterocycles. The van der Waals surface area contributed by atoms with E-state index in [1.54, 1.807) is 38.1 Å². The smallest absolute Gasteiger partial charge is 0.251 e. The SMILES string of the molecule is CC(C)(CCl)C(=O)NCCNC(=O)c1ccccc1. The molecule has 0 spiro atoms. The molecular formula is C14H19ClN2O2. The molecule has 2 amide bonds. The first-order valence-corrected chi connectivity index (χ1v) is 6.68. The highest BCUT2D eigenvalue weighted by atomic mass is 35.5. The Hall–Kier alpha value is -1.55. The van der Waals surface area contributed by atoms with Crippen molar-refractivity contribution in [1.82, 2.24) is 10.6 Å². The van der Waals surface area contributed by atoms with Crippen LogP contribution in [-0.4, -0.2) is 30.8 Å². The average Bonchev–Trinajstić information content (AvgIpc) is 2.43. The molecule has 0 radical (unpaired) electrons. The molecule has 2 N–H and O–H groups in total. The quantitative estimate of drug-likeness (QED) is 0.617. The second-order valence-electron chi connectivity index (χ2n) is 4.90. The van der Waals surface area contributed by atoms with Gasteiger partial charge in [-0.25, -0.2) is 0 Å². The minimum Gasteiger partial charge on any atom is -0.354 e. The molecule has 0 heterocycles. The third kappa shape index (κ3) is 4.91. The predicted octanol–water partition coefficient (Wildman–Crippen LogP) is 1.80. The summed E-state index contributed by atoms with van der Waals surface area (Å²) in [6, 6.07) is 8.94. The molecule has 1 aromatic carbocycles. The lowest BCUT2D eigenvalue weighted by Crippen LogP contribution is -2.41. The summed E-state index contributed by atoms with van der Waals surface area (Å²) in [5.41, 5.74) is 0.0141. The molecule has 5 heteroatoms. The first-order valence-electron chi connectivity index (χ1n) is 6.15. The molecule has 0 aliphatic heterocycles. The third-order valence-corrected chi connectivity index (χ3v) is 3.35. The number of carbonyl (C=O) groups is 2.